The van der Waals surface area contributed by atoms with Crippen LogP contribution in [-0.4, -0.2) is 30.3 Å². The van der Waals surface area contributed by atoms with Crippen molar-refractivity contribution in [2.75, 3.05) is 18.1 Å². The van der Waals surface area contributed by atoms with Crippen LogP contribution in [-0.2, 0) is 4.74 Å². The van der Waals surface area contributed by atoms with Gasteiger partial charge in [0, 0.05) is 18.8 Å². The van der Waals surface area contributed by atoms with E-state index in [-0.39, 0.29) is 12.1 Å². The van der Waals surface area contributed by atoms with Crippen LogP contribution in [0.4, 0.5) is 5.82 Å². The first-order valence-corrected chi connectivity index (χ1v) is 6.17. The van der Waals surface area contributed by atoms with Gasteiger partial charge in [-0.25, -0.2) is 4.98 Å². The monoisotopic (exact) mass is 235 g/mol. The van der Waals surface area contributed by atoms with E-state index in [0.717, 1.165) is 24.5 Å². The van der Waals surface area contributed by atoms with E-state index in [1.54, 1.807) is 0 Å². The minimum atomic E-state index is 0.0394. The Kier molecular flexibility index (Phi) is 3.64. The molecule has 1 aliphatic rings. The molecule has 0 spiro atoms. The molecule has 0 radical (unpaired) electrons. The van der Waals surface area contributed by atoms with Crippen molar-refractivity contribution in [1.82, 2.24) is 4.98 Å². The average Bonchev–Trinajstić information content (AvgIpc) is 2.32. The second-order valence-electron chi connectivity index (χ2n) is 4.88. The largest absolute Gasteiger partial charge is 0.375 e. The molecule has 0 amide bonds. The summed E-state index contributed by atoms with van der Waals surface area (Å²) in [5, 5.41) is 0. The number of anilines is 1. The molecule has 94 valence electrons. The molecule has 3 unspecified atom stereocenters. The van der Waals surface area contributed by atoms with Crippen molar-refractivity contribution in [1.29, 1.82) is 0 Å². The summed E-state index contributed by atoms with van der Waals surface area (Å²) in [7, 11) is 0. The second-order valence-corrected chi connectivity index (χ2v) is 4.88. The maximum Gasteiger partial charge on any atom is 0.128 e. The van der Waals surface area contributed by atoms with Crippen molar-refractivity contribution < 1.29 is 4.74 Å². The van der Waals surface area contributed by atoms with Crippen LogP contribution in [0.3, 0.4) is 0 Å². The molecule has 2 heterocycles. The topological polar surface area (TPSA) is 51.4 Å². The number of hydrogen-bond acceptors (Lipinski definition) is 4. The van der Waals surface area contributed by atoms with Crippen molar-refractivity contribution >= 4 is 5.82 Å². The highest BCUT2D eigenvalue weighted by atomic mass is 16.5. The average molecular weight is 235 g/mol. The van der Waals surface area contributed by atoms with Gasteiger partial charge in [0.2, 0.25) is 0 Å². The van der Waals surface area contributed by atoms with Crippen molar-refractivity contribution in [3.8, 4) is 0 Å². The van der Waals surface area contributed by atoms with Crippen LogP contribution in [0.1, 0.15) is 32.4 Å². The minimum Gasteiger partial charge on any atom is -0.375 e. The number of rotatable bonds is 2. The Hall–Kier alpha value is -1.13. The fraction of sp³-hybridized carbons (Fsp3) is 0.615. The fourth-order valence-electron chi connectivity index (χ4n) is 2.06. The number of hydrogen-bond donors (Lipinski definition) is 1. The quantitative estimate of drug-likeness (QED) is 0.848. The van der Waals surface area contributed by atoms with E-state index in [4.69, 9.17) is 10.5 Å². The van der Waals surface area contributed by atoms with Crippen molar-refractivity contribution in [2.24, 2.45) is 5.73 Å². The number of ether oxygens (including phenoxy) is 1. The third-order valence-corrected chi connectivity index (χ3v) is 3.20. The molecule has 1 aromatic heterocycles. The molecule has 1 aliphatic heterocycles. The van der Waals surface area contributed by atoms with Gasteiger partial charge in [0.05, 0.1) is 18.8 Å². The summed E-state index contributed by atoms with van der Waals surface area (Å²) in [6.07, 6.45) is 2.13. The molecular formula is C13H21N3O. The Labute approximate surface area is 103 Å². The minimum absolute atomic E-state index is 0.0394. The third-order valence-electron chi connectivity index (χ3n) is 3.20. The Bertz CT molecular complexity index is 363. The highest BCUT2D eigenvalue weighted by molar-refractivity contribution is 5.41. The van der Waals surface area contributed by atoms with E-state index in [2.05, 4.69) is 29.8 Å². The molecular weight excluding hydrogens is 214 g/mol. The fourth-order valence-corrected chi connectivity index (χ4v) is 2.06. The Morgan fingerprint density at radius 1 is 1.47 bits per heavy atom. The smallest absolute Gasteiger partial charge is 0.128 e. The molecule has 4 nitrogen and oxygen atoms in total. The molecule has 0 saturated carbocycles. The molecule has 2 N–H and O–H groups in total. The van der Waals surface area contributed by atoms with E-state index in [1.165, 1.54) is 0 Å². The van der Waals surface area contributed by atoms with Crippen molar-refractivity contribution in [3.63, 3.8) is 0 Å². The lowest BCUT2D eigenvalue weighted by Crippen LogP contribution is -2.47. The summed E-state index contributed by atoms with van der Waals surface area (Å²) in [6, 6.07) is 4.52. The first-order chi connectivity index (χ1) is 8.08. The van der Waals surface area contributed by atoms with Crippen LogP contribution in [0.2, 0.25) is 0 Å². The van der Waals surface area contributed by atoms with Crippen LogP contribution in [0.5, 0.6) is 0 Å². The second kappa shape index (κ2) is 5.02. The zero-order valence-corrected chi connectivity index (χ0v) is 10.8. The highest BCUT2D eigenvalue weighted by Crippen LogP contribution is 2.20. The van der Waals surface area contributed by atoms with Gasteiger partial charge in [0.1, 0.15) is 5.82 Å². The predicted molar refractivity (Wildman–Crippen MR) is 69.1 cm³/mol. The Balaban J connectivity index is 2.15. The lowest BCUT2D eigenvalue weighted by Gasteiger charge is -2.37. The summed E-state index contributed by atoms with van der Waals surface area (Å²) < 4.78 is 5.61. The van der Waals surface area contributed by atoms with E-state index < -0.39 is 0 Å². The molecule has 1 saturated heterocycles. The Morgan fingerprint density at radius 3 is 2.82 bits per heavy atom. The molecule has 0 aromatic carbocycles. The van der Waals surface area contributed by atoms with Crippen LogP contribution in [0, 0.1) is 0 Å². The van der Waals surface area contributed by atoms with Crippen molar-refractivity contribution in [2.45, 2.75) is 39.0 Å². The molecule has 17 heavy (non-hydrogen) atoms. The van der Waals surface area contributed by atoms with Crippen molar-refractivity contribution in [3.05, 3.63) is 23.9 Å². The first kappa shape index (κ1) is 12.3. The van der Waals surface area contributed by atoms with Crippen LogP contribution >= 0.6 is 0 Å². The van der Waals surface area contributed by atoms with Crippen LogP contribution in [0.15, 0.2) is 18.3 Å². The number of nitrogens with two attached hydrogens (primary N) is 1. The normalized spacial score (nSPS) is 26.9. The van der Waals surface area contributed by atoms with Gasteiger partial charge in [-0.05, 0) is 32.4 Å². The van der Waals surface area contributed by atoms with Gasteiger partial charge in [0.25, 0.3) is 0 Å². The maximum atomic E-state index is 5.82. The lowest BCUT2D eigenvalue weighted by molar-refractivity contribution is 0.0340. The molecule has 2 rings (SSSR count). The first-order valence-electron chi connectivity index (χ1n) is 6.17. The van der Waals surface area contributed by atoms with Gasteiger partial charge in [-0.3, -0.25) is 0 Å². The van der Waals surface area contributed by atoms with Gasteiger partial charge < -0.3 is 15.4 Å². The standard InChI is InChI=1S/C13H21N3O/c1-9-8-17-10(2)7-16(9)13-5-4-12(6-15-13)11(3)14/h4-6,9-11H,7-8,14H2,1-3H3. The lowest BCUT2D eigenvalue weighted by atomic mass is 10.1. The van der Waals surface area contributed by atoms with Gasteiger partial charge in [0.15, 0.2) is 0 Å². The number of morpholine rings is 1. The summed E-state index contributed by atoms with van der Waals surface area (Å²) >= 11 is 0. The van der Waals surface area contributed by atoms with Gasteiger partial charge in [-0.2, -0.15) is 0 Å². The Morgan fingerprint density at radius 2 is 2.24 bits per heavy atom. The molecule has 3 atom stereocenters. The van der Waals surface area contributed by atoms with E-state index in [0.29, 0.717) is 6.04 Å². The number of pyridine rings is 1. The van der Waals surface area contributed by atoms with E-state index in [9.17, 15) is 0 Å². The van der Waals surface area contributed by atoms with Gasteiger partial charge in [-0.15, -0.1) is 0 Å². The summed E-state index contributed by atoms with van der Waals surface area (Å²) in [5.74, 6) is 1.01. The summed E-state index contributed by atoms with van der Waals surface area (Å²) in [5.41, 5.74) is 6.89. The van der Waals surface area contributed by atoms with Crippen LogP contribution < -0.4 is 10.6 Å². The highest BCUT2D eigenvalue weighted by Gasteiger charge is 2.24. The molecule has 1 aromatic rings. The molecule has 0 aliphatic carbocycles. The number of aromatic nitrogens is 1. The SMILES string of the molecule is CC1CN(c2ccc(C(C)N)cn2)C(C)CO1. The van der Waals surface area contributed by atoms with Crippen LogP contribution in [0.25, 0.3) is 0 Å². The summed E-state index contributed by atoms with van der Waals surface area (Å²) in [4.78, 5) is 6.79. The van der Waals surface area contributed by atoms with E-state index in [1.807, 2.05) is 19.2 Å². The maximum absolute atomic E-state index is 5.82. The predicted octanol–water partition coefficient (Wildman–Crippen LogP) is 1.71. The van der Waals surface area contributed by atoms with E-state index >= 15 is 0 Å². The van der Waals surface area contributed by atoms with Gasteiger partial charge in [-0.1, -0.05) is 6.07 Å². The zero-order valence-electron chi connectivity index (χ0n) is 10.8. The van der Waals surface area contributed by atoms with Gasteiger partial charge >= 0.3 is 0 Å². The zero-order chi connectivity index (χ0) is 12.4. The molecule has 4 heteroatoms. The number of nitrogens with zero attached hydrogens (tertiary/aromatic N) is 2. The summed E-state index contributed by atoms with van der Waals surface area (Å²) in [6.45, 7) is 7.88. The molecule has 1 fully saturated rings. The molecule has 0 bridgehead atoms. The third kappa shape index (κ3) is 2.76.